The van der Waals surface area contributed by atoms with Crippen LogP contribution in [0, 0.1) is 0 Å². The first-order valence-corrected chi connectivity index (χ1v) is 15.2. The molecule has 3 aliphatic rings. The lowest BCUT2D eigenvalue weighted by Gasteiger charge is -2.36. The number of aryl methyl sites for hydroxylation is 2. The summed E-state index contributed by atoms with van der Waals surface area (Å²) in [7, 11) is 2.20. The number of nitrogens with zero attached hydrogens (tertiary/aromatic N) is 6. The average Bonchev–Trinajstić information content (AvgIpc) is 3.40. The summed E-state index contributed by atoms with van der Waals surface area (Å²) in [5.74, 6) is 0.962. The largest absolute Gasteiger partial charge is 0.384 e. The van der Waals surface area contributed by atoms with Gasteiger partial charge in [-0.05, 0) is 104 Å². The Labute approximate surface area is 245 Å². The van der Waals surface area contributed by atoms with Crippen molar-refractivity contribution in [3.63, 3.8) is 0 Å². The van der Waals surface area contributed by atoms with Crippen LogP contribution in [-0.2, 0) is 36.9 Å². The van der Waals surface area contributed by atoms with Gasteiger partial charge in [0.1, 0.15) is 11.0 Å². The van der Waals surface area contributed by atoms with Gasteiger partial charge in [-0.15, -0.1) is 6.58 Å². The maximum atomic E-state index is 13.5. The van der Waals surface area contributed by atoms with Crippen LogP contribution in [0.5, 0.6) is 0 Å². The van der Waals surface area contributed by atoms with Gasteiger partial charge in [-0.1, -0.05) is 26.0 Å². The molecule has 42 heavy (non-hydrogen) atoms. The van der Waals surface area contributed by atoms with Crippen molar-refractivity contribution < 1.29 is 5.11 Å². The van der Waals surface area contributed by atoms with E-state index in [-0.39, 0.29) is 17.5 Å². The number of hydrogen-bond acceptors (Lipinski definition) is 7. The molecule has 9 heteroatoms. The summed E-state index contributed by atoms with van der Waals surface area (Å²) in [6.45, 7) is 10.6. The van der Waals surface area contributed by atoms with Gasteiger partial charge in [0.15, 0.2) is 11.5 Å². The zero-order valence-electron chi connectivity index (χ0n) is 24.8. The SMILES string of the molecule is C=CCn1c(=O)c2cnc(Nc3cc4c5c(c3)CN(C)CCC5(C)CCC4)nc2n1-c1ccc2c(n1)C(O)(CC)CC2. The van der Waals surface area contributed by atoms with Crippen molar-refractivity contribution in [2.45, 2.75) is 82.9 Å². The fourth-order valence-electron chi connectivity index (χ4n) is 7.53. The molecule has 2 atom stereocenters. The van der Waals surface area contributed by atoms with Gasteiger partial charge in [-0.3, -0.25) is 4.79 Å². The Morgan fingerprint density at radius 3 is 2.76 bits per heavy atom. The summed E-state index contributed by atoms with van der Waals surface area (Å²) in [5.41, 5.74) is 6.53. The standard InChI is InChI=1S/C33H39N7O2/c1-5-15-39-30(41)25-19-34-31(37-29(25)40(39)26-10-9-21-11-13-33(42,6-2)28(21)36-26)35-24-17-22-8-7-12-32(3)14-16-38(4)20-23(18-24)27(22)32/h5,9-10,17-19,42H,1,6-8,11-16,20H2,2-4H3,(H,34,35,37). The van der Waals surface area contributed by atoms with Crippen LogP contribution in [0.2, 0.25) is 0 Å². The first-order valence-electron chi connectivity index (χ1n) is 15.2. The topological polar surface area (TPSA) is 101 Å². The van der Waals surface area contributed by atoms with Crippen molar-refractivity contribution in [2.24, 2.45) is 0 Å². The number of aliphatic hydroxyl groups is 1. The summed E-state index contributed by atoms with van der Waals surface area (Å²) < 4.78 is 3.32. The van der Waals surface area contributed by atoms with Gasteiger partial charge in [-0.25, -0.2) is 19.3 Å². The zero-order chi connectivity index (χ0) is 29.2. The first kappa shape index (κ1) is 27.0. The lowest BCUT2D eigenvalue weighted by molar-refractivity contribution is 0.0306. The second-order valence-electron chi connectivity index (χ2n) is 12.7. The number of hydrogen-bond donors (Lipinski definition) is 2. The predicted molar refractivity (Wildman–Crippen MR) is 165 cm³/mol. The van der Waals surface area contributed by atoms with Crippen LogP contribution in [0.15, 0.2) is 47.9 Å². The number of rotatable bonds is 6. The third kappa shape index (κ3) is 4.21. The highest BCUT2D eigenvalue weighted by Gasteiger charge is 2.38. The molecule has 9 nitrogen and oxygen atoms in total. The Kier molecular flexibility index (Phi) is 6.36. The Hall–Kier alpha value is -3.82. The maximum Gasteiger partial charge on any atom is 0.278 e. The van der Waals surface area contributed by atoms with Crippen molar-refractivity contribution in [3.8, 4) is 5.82 Å². The zero-order valence-corrected chi connectivity index (χ0v) is 24.8. The molecule has 2 aliphatic carbocycles. The van der Waals surface area contributed by atoms with Gasteiger partial charge in [-0.2, -0.15) is 4.98 Å². The quantitative estimate of drug-likeness (QED) is 0.322. The molecule has 1 aliphatic heterocycles. The normalized spacial score (nSPS) is 23.4. The van der Waals surface area contributed by atoms with Gasteiger partial charge in [0.05, 0.1) is 12.2 Å². The fraction of sp³-hybridized carbons (Fsp3) is 0.455. The highest BCUT2D eigenvalue weighted by atomic mass is 16.3. The number of benzene rings is 1. The number of pyridine rings is 1. The highest BCUT2D eigenvalue weighted by molar-refractivity contribution is 5.77. The molecule has 4 heterocycles. The minimum absolute atomic E-state index is 0.207. The van der Waals surface area contributed by atoms with E-state index in [1.165, 1.54) is 36.0 Å². The van der Waals surface area contributed by atoms with Crippen molar-refractivity contribution in [1.29, 1.82) is 0 Å². The van der Waals surface area contributed by atoms with Crippen LogP contribution in [0.25, 0.3) is 16.9 Å². The van der Waals surface area contributed by atoms with Crippen molar-refractivity contribution in [2.75, 3.05) is 18.9 Å². The van der Waals surface area contributed by atoms with E-state index in [0.29, 0.717) is 41.3 Å². The molecular formula is C33H39N7O2. The van der Waals surface area contributed by atoms with Gasteiger partial charge in [0.2, 0.25) is 5.95 Å². The minimum Gasteiger partial charge on any atom is -0.384 e. The average molecular weight is 566 g/mol. The van der Waals surface area contributed by atoms with E-state index in [1.54, 1.807) is 21.6 Å². The van der Waals surface area contributed by atoms with Gasteiger partial charge in [0.25, 0.3) is 5.56 Å². The van der Waals surface area contributed by atoms with Crippen LogP contribution in [0.3, 0.4) is 0 Å². The third-order valence-electron chi connectivity index (χ3n) is 9.81. The number of aromatic nitrogens is 5. The molecule has 0 spiro atoms. The molecule has 0 saturated heterocycles. The van der Waals surface area contributed by atoms with Gasteiger partial charge < -0.3 is 15.3 Å². The molecule has 0 bridgehead atoms. The molecule has 0 fully saturated rings. The van der Waals surface area contributed by atoms with Crippen molar-refractivity contribution in [3.05, 3.63) is 81.4 Å². The first-order chi connectivity index (χ1) is 20.2. The van der Waals surface area contributed by atoms with Crippen LogP contribution in [0.1, 0.15) is 73.9 Å². The molecular weight excluding hydrogens is 526 g/mol. The van der Waals surface area contributed by atoms with Crippen LogP contribution >= 0.6 is 0 Å². The molecule has 0 radical (unpaired) electrons. The van der Waals surface area contributed by atoms with Crippen LogP contribution < -0.4 is 10.9 Å². The Balaban J connectivity index is 1.33. The van der Waals surface area contributed by atoms with Gasteiger partial charge >= 0.3 is 0 Å². The van der Waals surface area contributed by atoms with E-state index < -0.39 is 5.60 Å². The minimum atomic E-state index is -0.963. The molecule has 2 N–H and O–H groups in total. The maximum absolute atomic E-state index is 13.5. The molecule has 0 amide bonds. The van der Waals surface area contributed by atoms with E-state index in [9.17, 15) is 9.90 Å². The van der Waals surface area contributed by atoms with E-state index in [2.05, 4.69) is 47.9 Å². The van der Waals surface area contributed by atoms with E-state index in [1.807, 2.05) is 19.1 Å². The van der Waals surface area contributed by atoms with Crippen molar-refractivity contribution >= 4 is 22.7 Å². The number of fused-ring (bicyclic) bond motifs is 2. The second kappa shape index (κ2) is 9.88. The molecule has 7 rings (SSSR count). The highest BCUT2D eigenvalue weighted by Crippen LogP contribution is 2.45. The molecule has 1 aromatic carbocycles. The summed E-state index contributed by atoms with van der Waals surface area (Å²) in [4.78, 5) is 30.2. The third-order valence-corrected chi connectivity index (χ3v) is 9.81. The molecule has 3 aromatic heterocycles. The Morgan fingerprint density at radius 1 is 1.12 bits per heavy atom. The summed E-state index contributed by atoms with van der Waals surface area (Å²) >= 11 is 0. The van der Waals surface area contributed by atoms with Crippen LogP contribution in [0.4, 0.5) is 11.6 Å². The Morgan fingerprint density at radius 2 is 1.95 bits per heavy atom. The summed E-state index contributed by atoms with van der Waals surface area (Å²) in [5, 5.41) is 15.1. The summed E-state index contributed by atoms with van der Waals surface area (Å²) in [6, 6.07) is 8.42. The van der Waals surface area contributed by atoms with Gasteiger partial charge in [0, 0.05) is 18.4 Å². The second-order valence-corrected chi connectivity index (χ2v) is 12.7. The number of allylic oxidation sites excluding steroid dienone is 1. The number of anilines is 2. The lowest BCUT2D eigenvalue weighted by atomic mass is 9.68. The van der Waals surface area contributed by atoms with Crippen molar-refractivity contribution in [1.82, 2.24) is 29.2 Å². The monoisotopic (exact) mass is 565 g/mol. The van der Waals surface area contributed by atoms with Crippen LogP contribution in [-0.4, -0.2) is 47.9 Å². The molecule has 0 saturated carbocycles. The predicted octanol–water partition coefficient (Wildman–Crippen LogP) is 4.88. The molecule has 4 aromatic rings. The molecule has 218 valence electrons. The van der Waals surface area contributed by atoms with E-state index in [0.717, 1.165) is 37.2 Å². The fourth-order valence-corrected chi connectivity index (χ4v) is 7.53. The summed E-state index contributed by atoms with van der Waals surface area (Å²) in [6.07, 6.45) is 9.99. The number of nitrogens with one attached hydrogen (secondary N) is 1. The lowest BCUT2D eigenvalue weighted by Crippen LogP contribution is -2.29. The van der Waals surface area contributed by atoms with E-state index >= 15 is 0 Å². The van der Waals surface area contributed by atoms with E-state index in [4.69, 9.17) is 9.97 Å². The Bertz CT molecular complexity index is 1790. The smallest absolute Gasteiger partial charge is 0.278 e. The molecule has 2 unspecified atom stereocenters.